The maximum Gasteiger partial charge on any atom is 0.317 e. The van der Waals surface area contributed by atoms with Crippen molar-refractivity contribution in [1.29, 1.82) is 0 Å². The number of amides is 2. The first-order valence-electron chi connectivity index (χ1n) is 7.02. The van der Waals surface area contributed by atoms with E-state index in [4.69, 9.17) is 11.6 Å². The largest absolute Gasteiger partial charge is 0.338 e. The van der Waals surface area contributed by atoms with E-state index in [9.17, 15) is 9.18 Å². The van der Waals surface area contributed by atoms with Crippen LogP contribution in [0.5, 0.6) is 0 Å². The molecule has 0 spiro atoms. The molecule has 2 aromatic carbocycles. The monoisotopic (exact) mass is 320 g/mol. The lowest BCUT2D eigenvalue weighted by Crippen LogP contribution is -2.37. The Kier molecular flexibility index (Phi) is 5.78. The number of carbonyl (C=O) groups is 1. The molecule has 116 valence electrons. The van der Waals surface area contributed by atoms with Crippen LogP contribution < -0.4 is 5.32 Å². The third kappa shape index (κ3) is 5.04. The van der Waals surface area contributed by atoms with Crippen LogP contribution in [0.15, 0.2) is 48.5 Å². The van der Waals surface area contributed by atoms with E-state index >= 15 is 0 Å². The molecule has 0 bridgehead atoms. The summed E-state index contributed by atoms with van der Waals surface area (Å²) in [6.07, 6.45) is 0.719. The molecule has 0 atom stereocenters. The summed E-state index contributed by atoms with van der Waals surface area (Å²) in [6.45, 7) is 0.968. The van der Waals surface area contributed by atoms with Crippen LogP contribution in [-0.4, -0.2) is 24.5 Å². The summed E-state index contributed by atoms with van der Waals surface area (Å²) in [5, 5.41) is 3.54. The van der Waals surface area contributed by atoms with Gasteiger partial charge in [-0.2, -0.15) is 0 Å². The van der Waals surface area contributed by atoms with Crippen LogP contribution in [0.1, 0.15) is 11.1 Å². The van der Waals surface area contributed by atoms with Crippen molar-refractivity contribution in [2.75, 3.05) is 13.6 Å². The van der Waals surface area contributed by atoms with Gasteiger partial charge in [0.05, 0.1) is 0 Å². The Bertz CT molecular complexity index is 631. The van der Waals surface area contributed by atoms with Crippen LogP contribution in [0.25, 0.3) is 0 Å². The molecule has 0 radical (unpaired) electrons. The van der Waals surface area contributed by atoms with E-state index in [0.29, 0.717) is 18.1 Å². The van der Waals surface area contributed by atoms with Gasteiger partial charge < -0.3 is 10.2 Å². The second kappa shape index (κ2) is 7.80. The Morgan fingerprint density at radius 3 is 2.59 bits per heavy atom. The zero-order valence-electron chi connectivity index (χ0n) is 12.4. The Morgan fingerprint density at radius 1 is 1.18 bits per heavy atom. The van der Waals surface area contributed by atoms with E-state index in [1.54, 1.807) is 24.1 Å². The highest BCUT2D eigenvalue weighted by Gasteiger charge is 2.08. The van der Waals surface area contributed by atoms with Gasteiger partial charge in [0.1, 0.15) is 5.82 Å². The topological polar surface area (TPSA) is 32.3 Å². The van der Waals surface area contributed by atoms with Gasteiger partial charge in [-0.3, -0.25) is 0 Å². The van der Waals surface area contributed by atoms with E-state index in [1.807, 2.05) is 24.3 Å². The predicted octanol–water partition coefficient (Wildman–Crippen LogP) is 3.86. The molecular weight excluding hydrogens is 303 g/mol. The number of carbonyl (C=O) groups excluding carboxylic acids is 1. The van der Waals surface area contributed by atoms with Crippen molar-refractivity contribution in [3.8, 4) is 0 Å². The highest BCUT2D eigenvalue weighted by Crippen LogP contribution is 2.10. The molecule has 0 saturated heterocycles. The number of halogens is 2. The van der Waals surface area contributed by atoms with Gasteiger partial charge >= 0.3 is 6.03 Å². The van der Waals surface area contributed by atoms with Crippen LogP contribution in [0.3, 0.4) is 0 Å². The van der Waals surface area contributed by atoms with Crippen molar-refractivity contribution in [1.82, 2.24) is 10.2 Å². The van der Waals surface area contributed by atoms with E-state index in [1.165, 1.54) is 12.1 Å². The van der Waals surface area contributed by atoms with Crippen LogP contribution in [0, 0.1) is 5.82 Å². The van der Waals surface area contributed by atoms with Crippen molar-refractivity contribution < 1.29 is 9.18 Å². The number of hydrogen-bond acceptors (Lipinski definition) is 1. The summed E-state index contributed by atoms with van der Waals surface area (Å²) in [5.74, 6) is -0.280. The molecule has 2 rings (SSSR count). The van der Waals surface area contributed by atoms with Crippen molar-refractivity contribution in [2.24, 2.45) is 0 Å². The summed E-state index contributed by atoms with van der Waals surface area (Å²) in [4.78, 5) is 13.5. The number of rotatable bonds is 5. The van der Waals surface area contributed by atoms with Gasteiger partial charge in [0.15, 0.2) is 0 Å². The molecule has 0 fully saturated rings. The maximum absolute atomic E-state index is 12.8. The third-order valence-corrected chi connectivity index (χ3v) is 3.49. The summed E-state index contributed by atoms with van der Waals surface area (Å²) >= 11 is 5.92. The SMILES string of the molecule is CN(Cc1ccc(F)cc1)C(=O)NCCc1cccc(Cl)c1. The first kappa shape index (κ1) is 16.3. The molecule has 0 aliphatic heterocycles. The quantitative estimate of drug-likeness (QED) is 0.891. The molecule has 2 aromatic rings. The number of hydrogen-bond donors (Lipinski definition) is 1. The number of nitrogens with zero attached hydrogens (tertiary/aromatic N) is 1. The molecule has 3 nitrogen and oxygen atoms in total. The maximum atomic E-state index is 12.8. The molecule has 0 aliphatic rings. The fourth-order valence-electron chi connectivity index (χ4n) is 2.08. The number of urea groups is 1. The summed E-state index contributed by atoms with van der Waals surface area (Å²) in [7, 11) is 1.71. The van der Waals surface area contributed by atoms with Gasteiger partial charge in [0.2, 0.25) is 0 Å². The van der Waals surface area contributed by atoms with Gasteiger partial charge in [0.25, 0.3) is 0 Å². The Morgan fingerprint density at radius 2 is 1.91 bits per heavy atom. The predicted molar refractivity (Wildman–Crippen MR) is 86.4 cm³/mol. The average molecular weight is 321 g/mol. The summed E-state index contributed by atoms with van der Waals surface area (Å²) in [6, 6.07) is 13.5. The minimum absolute atomic E-state index is 0.161. The first-order valence-corrected chi connectivity index (χ1v) is 7.40. The summed E-state index contributed by atoms with van der Waals surface area (Å²) in [5.41, 5.74) is 1.96. The molecule has 0 aromatic heterocycles. The van der Waals surface area contributed by atoms with Crippen LogP contribution >= 0.6 is 11.6 Å². The smallest absolute Gasteiger partial charge is 0.317 e. The number of benzene rings is 2. The molecule has 2 amide bonds. The second-order valence-corrected chi connectivity index (χ2v) is 5.53. The van der Waals surface area contributed by atoms with Gasteiger partial charge in [0, 0.05) is 25.2 Å². The van der Waals surface area contributed by atoms with Crippen LogP contribution in [0.2, 0.25) is 5.02 Å². The molecule has 0 aliphatic carbocycles. The number of nitrogens with one attached hydrogen (secondary N) is 1. The molecular formula is C17H18ClFN2O. The molecule has 1 N–H and O–H groups in total. The zero-order valence-corrected chi connectivity index (χ0v) is 13.1. The molecule has 0 saturated carbocycles. The Balaban J connectivity index is 1.77. The normalized spacial score (nSPS) is 10.3. The standard InChI is InChI=1S/C17H18ClFN2O/c1-21(12-14-5-7-16(19)8-6-14)17(22)20-10-9-13-3-2-4-15(18)11-13/h2-8,11H,9-10,12H2,1H3,(H,20,22). The Labute approximate surface area is 134 Å². The highest BCUT2D eigenvalue weighted by molar-refractivity contribution is 6.30. The lowest BCUT2D eigenvalue weighted by atomic mass is 10.1. The third-order valence-electron chi connectivity index (χ3n) is 3.26. The minimum Gasteiger partial charge on any atom is -0.338 e. The van der Waals surface area contributed by atoms with Crippen molar-refractivity contribution >= 4 is 17.6 Å². The second-order valence-electron chi connectivity index (χ2n) is 5.09. The van der Waals surface area contributed by atoms with Crippen molar-refractivity contribution in [2.45, 2.75) is 13.0 Å². The molecule has 22 heavy (non-hydrogen) atoms. The molecule has 0 heterocycles. The van der Waals surface area contributed by atoms with Gasteiger partial charge in [-0.1, -0.05) is 35.9 Å². The van der Waals surface area contributed by atoms with Gasteiger partial charge in [-0.15, -0.1) is 0 Å². The van der Waals surface area contributed by atoms with Gasteiger partial charge in [-0.25, -0.2) is 9.18 Å². The van der Waals surface area contributed by atoms with E-state index in [0.717, 1.165) is 17.5 Å². The fourth-order valence-corrected chi connectivity index (χ4v) is 2.29. The lowest BCUT2D eigenvalue weighted by Gasteiger charge is -2.18. The van der Waals surface area contributed by atoms with Crippen LogP contribution in [0.4, 0.5) is 9.18 Å². The lowest BCUT2D eigenvalue weighted by molar-refractivity contribution is 0.207. The Hall–Kier alpha value is -2.07. The minimum atomic E-state index is -0.280. The van der Waals surface area contributed by atoms with Crippen LogP contribution in [-0.2, 0) is 13.0 Å². The average Bonchev–Trinajstić information content (AvgIpc) is 2.49. The zero-order chi connectivity index (χ0) is 15.9. The van der Waals surface area contributed by atoms with E-state index < -0.39 is 0 Å². The van der Waals surface area contributed by atoms with E-state index in [-0.39, 0.29) is 11.8 Å². The first-order chi connectivity index (χ1) is 10.5. The van der Waals surface area contributed by atoms with E-state index in [2.05, 4.69) is 5.32 Å². The fraction of sp³-hybridized carbons (Fsp3) is 0.235. The van der Waals surface area contributed by atoms with Gasteiger partial charge in [-0.05, 0) is 41.8 Å². The molecule has 5 heteroatoms. The van der Waals surface area contributed by atoms with Crippen molar-refractivity contribution in [3.05, 3.63) is 70.5 Å². The molecule has 0 unspecified atom stereocenters. The highest BCUT2D eigenvalue weighted by atomic mass is 35.5. The van der Waals surface area contributed by atoms with Crippen molar-refractivity contribution in [3.63, 3.8) is 0 Å². The summed E-state index contributed by atoms with van der Waals surface area (Å²) < 4.78 is 12.8.